The van der Waals surface area contributed by atoms with Crippen LogP contribution in [0.4, 0.5) is 0 Å². The molecule has 3 rings (SSSR count). The molecule has 0 heterocycles. The molecule has 0 spiro atoms. The Morgan fingerprint density at radius 3 is 1.82 bits per heavy atom. The minimum atomic E-state index is -3.27. The first-order valence-corrected chi connectivity index (χ1v) is 13.6. The van der Waals surface area contributed by atoms with Crippen molar-refractivity contribution in [2.24, 2.45) is 5.92 Å². The van der Waals surface area contributed by atoms with E-state index in [1.807, 2.05) is 19.1 Å². The highest BCUT2D eigenvalue weighted by Crippen LogP contribution is 2.46. The molecule has 4 unspecified atom stereocenters. The Labute approximate surface area is 199 Å². The van der Waals surface area contributed by atoms with Crippen LogP contribution < -0.4 is 5.30 Å². The minimum Gasteiger partial charge on any atom is -0.309 e. The number of benzene rings is 3. The normalized spacial score (nSPS) is 16.0. The Kier molecular flexibility index (Phi) is 9.50. The molecule has 3 aromatic carbocycles. The third-order valence-electron chi connectivity index (χ3n) is 6.53. The zero-order valence-electron chi connectivity index (χ0n) is 20.3. The van der Waals surface area contributed by atoms with Crippen LogP contribution in [0, 0.1) is 5.92 Å². The molecular formula is C29H37O3P. The fraction of sp³-hybridized carbons (Fsp3) is 0.379. The Hall–Kier alpha value is -2.19. The third-order valence-corrected chi connectivity index (χ3v) is 8.54. The van der Waals surface area contributed by atoms with Crippen molar-refractivity contribution in [2.75, 3.05) is 13.7 Å². The van der Waals surface area contributed by atoms with Crippen LogP contribution in [0.5, 0.6) is 0 Å². The fourth-order valence-electron chi connectivity index (χ4n) is 4.47. The summed E-state index contributed by atoms with van der Waals surface area (Å²) in [5.74, 6) is 1.36. The second-order valence-electron chi connectivity index (χ2n) is 8.75. The van der Waals surface area contributed by atoms with Crippen molar-refractivity contribution in [2.45, 2.75) is 51.9 Å². The van der Waals surface area contributed by atoms with Crippen molar-refractivity contribution in [1.82, 2.24) is 0 Å². The Balaban J connectivity index is 1.97. The molecule has 33 heavy (non-hydrogen) atoms. The Bertz CT molecular complexity index is 1000. The molecule has 0 aromatic heterocycles. The van der Waals surface area contributed by atoms with Crippen LogP contribution in [0.15, 0.2) is 84.9 Å². The molecule has 0 aliphatic carbocycles. The summed E-state index contributed by atoms with van der Waals surface area (Å²) in [4.78, 5) is 0. The van der Waals surface area contributed by atoms with Crippen LogP contribution >= 0.6 is 7.60 Å². The lowest BCUT2D eigenvalue weighted by atomic mass is 9.77. The van der Waals surface area contributed by atoms with Gasteiger partial charge in [-0.1, -0.05) is 93.1 Å². The van der Waals surface area contributed by atoms with Gasteiger partial charge in [-0.2, -0.15) is 0 Å². The maximum absolute atomic E-state index is 13.0. The molecule has 0 amide bonds. The zero-order chi connectivity index (χ0) is 23.7. The molecule has 176 valence electrons. The highest BCUT2D eigenvalue weighted by Gasteiger charge is 2.27. The van der Waals surface area contributed by atoms with Gasteiger partial charge in [-0.15, -0.1) is 0 Å². The van der Waals surface area contributed by atoms with Gasteiger partial charge in [0.2, 0.25) is 0 Å². The first-order chi connectivity index (χ1) is 16.0. The lowest BCUT2D eigenvalue weighted by molar-refractivity contribution is 0.254. The first-order valence-electron chi connectivity index (χ1n) is 12.0. The van der Waals surface area contributed by atoms with Gasteiger partial charge in [0.05, 0.1) is 11.9 Å². The zero-order valence-corrected chi connectivity index (χ0v) is 21.2. The van der Waals surface area contributed by atoms with Crippen LogP contribution in [0.1, 0.15) is 68.6 Å². The van der Waals surface area contributed by atoms with Crippen molar-refractivity contribution in [3.63, 3.8) is 0 Å². The molecule has 0 bridgehead atoms. The van der Waals surface area contributed by atoms with E-state index >= 15 is 0 Å². The van der Waals surface area contributed by atoms with E-state index in [9.17, 15) is 4.57 Å². The van der Waals surface area contributed by atoms with Crippen molar-refractivity contribution in [3.8, 4) is 0 Å². The van der Waals surface area contributed by atoms with E-state index in [0.29, 0.717) is 23.7 Å². The van der Waals surface area contributed by atoms with Gasteiger partial charge >= 0.3 is 7.60 Å². The maximum Gasteiger partial charge on any atom is 0.361 e. The molecule has 0 saturated carbocycles. The molecule has 0 aliphatic rings. The summed E-state index contributed by atoms with van der Waals surface area (Å²) in [5, 5.41) is 0.599. The summed E-state index contributed by atoms with van der Waals surface area (Å²) < 4.78 is 23.7. The topological polar surface area (TPSA) is 35.5 Å². The van der Waals surface area contributed by atoms with E-state index in [4.69, 9.17) is 9.05 Å². The SMILES string of the molecule is CCOP(=O)(OC)c1ccc(C(CC(CC(C)CC)c2ccccc2)c2ccccc2)cc1. The van der Waals surface area contributed by atoms with E-state index in [1.54, 1.807) is 0 Å². The van der Waals surface area contributed by atoms with Gasteiger partial charge in [0.1, 0.15) is 0 Å². The van der Waals surface area contributed by atoms with Gasteiger partial charge in [0.15, 0.2) is 0 Å². The van der Waals surface area contributed by atoms with Gasteiger partial charge in [0.25, 0.3) is 0 Å². The van der Waals surface area contributed by atoms with Crippen molar-refractivity contribution in [1.29, 1.82) is 0 Å². The summed E-state index contributed by atoms with van der Waals surface area (Å²) >= 11 is 0. The molecule has 0 N–H and O–H groups in total. The molecule has 0 radical (unpaired) electrons. The lowest BCUT2D eigenvalue weighted by Gasteiger charge is -2.27. The van der Waals surface area contributed by atoms with Crippen LogP contribution in [-0.2, 0) is 13.6 Å². The highest BCUT2D eigenvalue weighted by molar-refractivity contribution is 7.62. The van der Waals surface area contributed by atoms with E-state index in [2.05, 4.69) is 86.6 Å². The third kappa shape index (κ3) is 6.67. The van der Waals surface area contributed by atoms with Crippen molar-refractivity contribution in [3.05, 3.63) is 102 Å². The maximum atomic E-state index is 13.0. The van der Waals surface area contributed by atoms with Gasteiger partial charge in [-0.05, 0) is 60.4 Å². The smallest absolute Gasteiger partial charge is 0.309 e. The predicted octanol–water partition coefficient (Wildman–Crippen LogP) is 7.93. The molecule has 3 nitrogen and oxygen atoms in total. The molecule has 4 atom stereocenters. The molecule has 3 aromatic rings. The molecule has 0 aliphatic heterocycles. The second kappa shape index (κ2) is 12.3. The fourth-order valence-corrected chi connectivity index (χ4v) is 5.79. The van der Waals surface area contributed by atoms with Gasteiger partial charge in [-0.3, -0.25) is 4.57 Å². The van der Waals surface area contributed by atoms with E-state index in [1.165, 1.54) is 30.2 Å². The number of hydrogen-bond acceptors (Lipinski definition) is 3. The second-order valence-corrected chi connectivity index (χ2v) is 10.9. The standard InChI is InChI=1S/C29H37O3P/c1-5-23(3)21-27(24-13-9-7-10-14-24)22-29(25-15-11-8-12-16-25)26-17-19-28(20-18-26)33(30,31-4)32-6-2/h7-20,23,27,29H,5-6,21-22H2,1-4H3. The Morgan fingerprint density at radius 1 is 0.758 bits per heavy atom. The average Bonchev–Trinajstić information content (AvgIpc) is 2.87. The van der Waals surface area contributed by atoms with Crippen LogP contribution in [-0.4, -0.2) is 13.7 Å². The molecule has 4 heteroatoms. The summed E-state index contributed by atoms with van der Waals surface area (Å²) in [5.41, 5.74) is 3.92. The van der Waals surface area contributed by atoms with Crippen molar-refractivity contribution >= 4 is 12.9 Å². The summed E-state index contributed by atoms with van der Waals surface area (Å²) in [6.45, 7) is 6.78. The summed E-state index contributed by atoms with van der Waals surface area (Å²) in [7, 11) is -1.83. The van der Waals surface area contributed by atoms with E-state index in [0.717, 1.165) is 12.8 Å². The monoisotopic (exact) mass is 464 g/mol. The average molecular weight is 465 g/mol. The van der Waals surface area contributed by atoms with Crippen LogP contribution in [0.25, 0.3) is 0 Å². The Morgan fingerprint density at radius 2 is 1.30 bits per heavy atom. The quantitative estimate of drug-likeness (QED) is 0.255. The molecule has 0 saturated heterocycles. The highest BCUT2D eigenvalue weighted by atomic mass is 31.2. The van der Waals surface area contributed by atoms with Gasteiger partial charge in [-0.25, -0.2) is 0 Å². The van der Waals surface area contributed by atoms with Crippen LogP contribution in [0.2, 0.25) is 0 Å². The van der Waals surface area contributed by atoms with Gasteiger partial charge in [0, 0.05) is 13.0 Å². The summed E-state index contributed by atoms with van der Waals surface area (Å²) in [6, 6.07) is 29.6. The molecular weight excluding hydrogens is 427 g/mol. The van der Waals surface area contributed by atoms with Crippen LogP contribution in [0.3, 0.4) is 0 Å². The number of hydrogen-bond donors (Lipinski definition) is 0. The van der Waals surface area contributed by atoms with Crippen molar-refractivity contribution < 1.29 is 13.6 Å². The molecule has 0 fully saturated rings. The predicted molar refractivity (Wildman–Crippen MR) is 138 cm³/mol. The number of rotatable bonds is 12. The lowest BCUT2D eigenvalue weighted by Crippen LogP contribution is -2.13. The summed E-state index contributed by atoms with van der Waals surface area (Å²) in [6.07, 6.45) is 3.36. The van der Waals surface area contributed by atoms with Gasteiger partial charge < -0.3 is 9.05 Å². The first kappa shape index (κ1) is 25.4. The largest absolute Gasteiger partial charge is 0.361 e. The van der Waals surface area contributed by atoms with E-state index < -0.39 is 7.60 Å². The minimum absolute atomic E-state index is 0.239. The van der Waals surface area contributed by atoms with E-state index in [-0.39, 0.29) is 5.92 Å².